The van der Waals surface area contributed by atoms with Crippen LogP contribution < -0.4 is 0 Å². The number of hydrogen-bond donors (Lipinski definition) is 0. The maximum atomic E-state index is 12.6. The highest BCUT2D eigenvalue weighted by molar-refractivity contribution is 7.92. The van der Waals surface area contributed by atoms with Crippen molar-refractivity contribution in [1.82, 2.24) is 10.1 Å². The van der Waals surface area contributed by atoms with Crippen LogP contribution in [0.15, 0.2) is 33.4 Å². The van der Waals surface area contributed by atoms with E-state index in [9.17, 15) is 13.2 Å². The number of sulfone groups is 1. The smallest absolute Gasteiger partial charge is 0.276 e. The van der Waals surface area contributed by atoms with Crippen LogP contribution in [0.5, 0.6) is 0 Å². The number of amides is 1. The van der Waals surface area contributed by atoms with Gasteiger partial charge in [0, 0.05) is 19.2 Å². The van der Waals surface area contributed by atoms with Gasteiger partial charge in [-0.3, -0.25) is 4.79 Å². The molecule has 134 valence electrons. The number of aromatic nitrogens is 1. The molecule has 2 aromatic heterocycles. The van der Waals surface area contributed by atoms with Crippen molar-refractivity contribution in [2.75, 3.05) is 13.1 Å². The highest BCUT2D eigenvalue weighted by atomic mass is 32.2. The first-order valence-corrected chi connectivity index (χ1v) is 10.2. The molecular formula is C17H20N2O5S. The Bertz CT molecular complexity index is 843. The van der Waals surface area contributed by atoms with Crippen LogP contribution in [0.1, 0.15) is 42.6 Å². The summed E-state index contributed by atoms with van der Waals surface area (Å²) in [6.45, 7) is 0.473. The zero-order valence-electron chi connectivity index (χ0n) is 13.8. The topological polar surface area (TPSA) is 93.6 Å². The Morgan fingerprint density at radius 3 is 2.56 bits per heavy atom. The van der Waals surface area contributed by atoms with Gasteiger partial charge in [0.05, 0.1) is 16.8 Å². The Hall–Kier alpha value is -2.09. The van der Waals surface area contributed by atoms with Gasteiger partial charge in [-0.05, 0) is 25.0 Å². The summed E-state index contributed by atoms with van der Waals surface area (Å²) in [5.74, 6) is 0.560. The van der Waals surface area contributed by atoms with Crippen molar-refractivity contribution in [3.63, 3.8) is 0 Å². The maximum absolute atomic E-state index is 12.6. The third-order valence-electron chi connectivity index (χ3n) is 5.11. The minimum atomic E-state index is -3.16. The van der Waals surface area contributed by atoms with Crippen LogP contribution in [-0.4, -0.2) is 48.0 Å². The van der Waals surface area contributed by atoms with Crippen LogP contribution in [0.4, 0.5) is 0 Å². The first kappa shape index (κ1) is 16.4. The minimum Gasteiger partial charge on any atom is -0.461 e. The fourth-order valence-electron chi connectivity index (χ4n) is 3.55. The van der Waals surface area contributed by atoms with E-state index in [4.69, 9.17) is 8.94 Å². The molecule has 0 atom stereocenters. The van der Waals surface area contributed by atoms with Gasteiger partial charge in [0.25, 0.3) is 5.91 Å². The van der Waals surface area contributed by atoms with E-state index in [2.05, 4.69) is 5.16 Å². The molecule has 0 N–H and O–H groups in total. The van der Waals surface area contributed by atoms with Gasteiger partial charge in [-0.1, -0.05) is 24.4 Å². The van der Waals surface area contributed by atoms with E-state index in [0.29, 0.717) is 11.5 Å². The highest BCUT2D eigenvalue weighted by Crippen LogP contribution is 2.30. The Labute approximate surface area is 145 Å². The molecule has 3 heterocycles. The molecular weight excluding hydrogens is 344 g/mol. The van der Waals surface area contributed by atoms with Crippen LogP contribution >= 0.6 is 0 Å². The molecule has 0 spiro atoms. The van der Waals surface area contributed by atoms with Crippen molar-refractivity contribution in [1.29, 1.82) is 0 Å². The number of rotatable bonds is 4. The zero-order valence-corrected chi connectivity index (χ0v) is 14.6. The Morgan fingerprint density at radius 1 is 1.12 bits per heavy atom. The summed E-state index contributed by atoms with van der Waals surface area (Å²) in [6, 6.07) is 4.95. The van der Waals surface area contributed by atoms with Crippen LogP contribution in [-0.2, 0) is 9.84 Å². The standard InChI is InChI=1S/C17H20N2O5S/c20-17(14-9-16(24-18-14)15-7-4-8-23-15)19-10-13(11-19)25(21,22)12-5-2-1-3-6-12/h4,7-9,12-13H,1-3,5-6,10-11H2. The lowest BCUT2D eigenvalue weighted by Gasteiger charge is -2.40. The lowest BCUT2D eigenvalue weighted by molar-refractivity contribution is 0.0647. The molecule has 0 aromatic carbocycles. The van der Waals surface area contributed by atoms with Crippen LogP contribution in [0.3, 0.4) is 0 Å². The lowest BCUT2D eigenvalue weighted by Crippen LogP contribution is -2.58. The van der Waals surface area contributed by atoms with E-state index in [-0.39, 0.29) is 29.9 Å². The van der Waals surface area contributed by atoms with Gasteiger partial charge in [-0.2, -0.15) is 0 Å². The van der Waals surface area contributed by atoms with Crippen molar-refractivity contribution in [3.8, 4) is 11.5 Å². The molecule has 8 heteroatoms. The zero-order chi connectivity index (χ0) is 17.4. The molecule has 1 amide bonds. The molecule has 0 unspecified atom stereocenters. The Balaban J connectivity index is 1.39. The number of carbonyl (C=O) groups excluding carboxylic acids is 1. The van der Waals surface area contributed by atoms with Gasteiger partial charge in [0.1, 0.15) is 0 Å². The molecule has 25 heavy (non-hydrogen) atoms. The molecule has 1 aliphatic heterocycles. The van der Waals surface area contributed by atoms with Crippen LogP contribution in [0.25, 0.3) is 11.5 Å². The number of carbonyl (C=O) groups is 1. The van der Waals surface area contributed by atoms with Gasteiger partial charge < -0.3 is 13.8 Å². The summed E-state index contributed by atoms with van der Waals surface area (Å²) in [5.41, 5.74) is 0.167. The Morgan fingerprint density at radius 2 is 1.88 bits per heavy atom. The van der Waals surface area contributed by atoms with Crippen molar-refractivity contribution in [3.05, 3.63) is 30.2 Å². The fraction of sp³-hybridized carbons (Fsp3) is 0.529. The molecule has 2 aromatic rings. The van der Waals surface area contributed by atoms with E-state index in [1.165, 1.54) is 17.2 Å². The monoisotopic (exact) mass is 364 g/mol. The third kappa shape index (κ3) is 2.99. The summed E-state index contributed by atoms with van der Waals surface area (Å²) in [4.78, 5) is 13.9. The van der Waals surface area contributed by atoms with Crippen molar-refractivity contribution >= 4 is 15.7 Å². The summed E-state index contributed by atoms with van der Waals surface area (Å²) in [5, 5.41) is 3.09. The molecule has 0 radical (unpaired) electrons. The molecule has 2 fully saturated rings. The second kappa shape index (κ2) is 6.33. The molecule has 1 aliphatic carbocycles. The summed E-state index contributed by atoms with van der Waals surface area (Å²) >= 11 is 0. The first-order valence-electron chi connectivity index (χ1n) is 8.58. The number of furan rings is 1. The van der Waals surface area contributed by atoms with E-state index in [0.717, 1.165) is 32.1 Å². The SMILES string of the molecule is O=C(c1cc(-c2ccco2)on1)N1CC(S(=O)(=O)C2CCCCC2)C1. The number of nitrogens with zero attached hydrogens (tertiary/aromatic N) is 2. The van der Waals surface area contributed by atoms with E-state index < -0.39 is 15.1 Å². The van der Waals surface area contributed by atoms with E-state index in [1.54, 1.807) is 12.1 Å². The molecule has 2 aliphatic rings. The average Bonchev–Trinajstić information content (AvgIpc) is 3.25. The fourth-order valence-corrected chi connectivity index (χ4v) is 5.86. The minimum absolute atomic E-state index is 0.167. The summed E-state index contributed by atoms with van der Waals surface area (Å²) in [6.07, 6.45) is 6.09. The van der Waals surface area contributed by atoms with Gasteiger partial charge in [0.2, 0.25) is 5.76 Å². The van der Waals surface area contributed by atoms with Gasteiger partial charge in [-0.25, -0.2) is 8.42 Å². The van der Waals surface area contributed by atoms with Crippen LogP contribution in [0, 0.1) is 0 Å². The first-order chi connectivity index (χ1) is 12.1. The number of likely N-dealkylation sites (tertiary alicyclic amines) is 1. The van der Waals surface area contributed by atoms with Crippen LogP contribution in [0.2, 0.25) is 0 Å². The third-order valence-corrected chi connectivity index (χ3v) is 7.74. The Kier molecular flexibility index (Phi) is 4.15. The predicted octanol–water partition coefficient (Wildman–Crippen LogP) is 2.51. The van der Waals surface area contributed by atoms with E-state index >= 15 is 0 Å². The second-order valence-electron chi connectivity index (χ2n) is 6.73. The van der Waals surface area contributed by atoms with Gasteiger partial charge in [0.15, 0.2) is 21.3 Å². The second-order valence-corrected chi connectivity index (χ2v) is 9.25. The molecule has 1 saturated carbocycles. The van der Waals surface area contributed by atoms with Crippen molar-refractivity contribution in [2.45, 2.75) is 42.6 Å². The largest absolute Gasteiger partial charge is 0.461 e. The summed E-state index contributed by atoms with van der Waals surface area (Å²) < 4.78 is 35.6. The molecule has 1 saturated heterocycles. The molecule has 0 bridgehead atoms. The van der Waals surface area contributed by atoms with E-state index in [1.807, 2.05) is 0 Å². The summed E-state index contributed by atoms with van der Waals surface area (Å²) in [7, 11) is -3.16. The predicted molar refractivity (Wildman–Crippen MR) is 89.7 cm³/mol. The van der Waals surface area contributed by atoms with Gasteiger partial charge >= 0.3 is 0 Å². The highest BCUT2D eigenvalue weighted by Gasteiger charge is 2.44. The number of hydrogen-bond acceptors (Lipinski definition) is 6. The van der Waals surface area contributed by atoms with Crippen molar-refractivity contribution < 1.29 is 22.2 Å². The molecule has 7 nitrogen and oxygen atoms in total. The average molecular weight is 364 g/mol. The van der Waals surface area contributed by atoms with Gasteiger partial charge in [-0.15, -0.1) is 0 Å². The quantitative estimate of drug-likeness (QED) is 0.827. The molecule has 4 rings (SSSR count). The normalized spacial score (nSPS) is 19.8. The van der Waals surface area contributed by atoms with Crippen molar-refractivity contribution in [2.24, 2.45) is 0 Å². The maximum Gasteiger partial charge on any atom is 0.276 e. The lowest BCUT2D eigenvalue weighted by atomic mass is 10.0.